The highest BCUT2D eigenvalue weighted by molar-refractivity contribution is 7.22. The number of amides is 1. The summed E-state index contributed by atoms with van der Waals surface area (Å²) in [7, 11) is 0. The Hall–Kier alpha value is -3.92. The van der Waals surface area contributed by atoms with E-state index >= 15 is 0 Å². The van der Waals surface area contributed by atoms with Gasteiger partial charge in [-0.05, 0) is 35.2 Å². The lowest BCUT2D eigenvalue weighted by molar-refractivity contribution is -0.384. The number of nitrogens with zero attached hydrogens (tertiary/aromatic N) is 3. The first kappa shape index (κ1) is 24.4. The van der Waals surface area contributed by atoms with E-state index in [-0.39, 0.29) is 18.0 Å². The summed E-state index contributed by atoms with van der Waals surface area (Å²) in [4.78, 5) is 32.2. The van der Waals surface area contributed by atoms with E-state index in [1.807, 2.05) is 24.3 Å². The fourth-order valence-corrected chi connectivity index (χ4v) is 7.23. The van der Waals surface area contributed by atoms with E-state index < -0.39 is 4.92 Å². The van der Waals surface area contributed by atoms with Crippen LogP contribution in [0.5, 0.6) is 0 Å². The van der Waals surface area contributed by atoms with E-state index in [1.165, 1.54) is 28.1 Å². The second-order valence-electron chi connectivity index (χ2n) is 9.29. The number of carbonyl (C=O) groups is 1. The van der Waals surface area contributed by atoms with Crippen LogP contribution in [0.3, 0.4) is 0 Å². The van der Waals surface area contributed by atoms with E-state index in [2.05, 4.69) is 40.5 Å². The Balaban J connectivity index is 1.29. The van der Waals surface area contributed by atoms with Crippen molar-refractivity contribution in [2.24, 2.45) is 0 Å². The summed E-state index contributed by atoms with van der Waals surface area (Å²) in [6.07, 6.45) is 1.03. The number of hydrogen-bond donors (Lipinski definition) is 1. The Morgan fingerprint density at radius 1 is 0.974 bits per heavy atom. The van der Waals surface area contributed by atoms with E-state index in [4.69, 9.17) is 4.98 Å². The van der Waals surface area contributed by atoms with Gasteiger partial charge < -0.3 is 5.32 Å². The van der Waals surface area contributed by atoms with Crippen molar-refractivity contribution >= 4 is 49.5 Å². The van der Waals surface area contributed by atoms with E-state index in [0.29, 0.717) is 0 Å². The predicted molar refractivity (Wildman–Crippen MR) is 153 cm³/mol. The highest BCUT2D eigenvalue weighted by atomic mass is 32.1. The number of thiophene rings is 1. The summed E-state index contributed by atoms with van der Waals surface area (Å²) in [5.41, 5.74) is 5.28. The third kappa shape index (κ3) is 5.08. The molecule has 2 aromatic heterocycles. The summed E-state index contributed by atoms with van der Waals surface area (Å²) in [6, 6.07) is 24.7. The van der Waals surface area contributed by atoms with Gasteiger partial charge in [0.05, 0.1) is 21.6 Å². The molecule has 1 aliphatic rings. The number of thiazole rings is 1. The molecule has 38 heavy (non-hydrogen) atoms. The van der Waals surface area contributed by atoms with Crippen molar-refractivity contribution in [3.63, 3.8) is 0 Å². The maximum absolute atomic E-state index is 13.1. The number of aromatic nitrogens is 1. The number of benzene rings is 3. The first-order valence-electron chi connectivity index (χ1n) is 12.3. The molecule has 0 saturated carbocycles. The zero-order valence-electron chi connectivity index (χ0n) is 20.4. The van der Waals surface area contributed by atoms with Gasteiger partial charge in [0, 0.05) is 42.2 Å². The van der Waals surface area contributed by atoms with Gasteiger partial charge >= 0.3 is 0 Å². The Kier molecular flexibility index (Phi) is 6.71. The van der Waals surface area contributed by atoms with Crippen LogP contribution in [0, 0.1) is 10.1 Å². The van der Waals surface area contributed by atoms with Gasteiger partial charge in [0.2, 0.25) is 5.91 Å². The van der Waals surface area contributed by atoms with Gasteiger partial charge in [0.15, 0.2) is 0 Å². The van der Waals surface area contributed by atoms with Gasteiger partial charge in [0.25, 0.3) is 5.69 Å². The maximum atomic E-state index is 13.1. The summed E-state index contributed by atoms with van der Waals surface area (Å²) in [5.74, 6) is -0.152. The fourth-order valence-electron chi connectivity index (χ4n) is 4.82. The Labute approximate surface area is 227 Å². The van der Waals surface area contributed by atoms with Crippen LogP contribution in [0.4, 0.5) is 10.7 Å². The molecule has 0 fully saturated rings. The largest absolute Gasteiger partial charge is 0.317 e. The molecule has 1 N–H and O–H groups in total. The SMILES string of the molecule is O=C(Cc1ccc([N+](=O)[O-])cc1)Nc1sc2c(c1-c1nc3ccccc3s1)CCN(Cc1ccccc1)C2. The number of nitrogens with one attached hydrogen (secondary N) is 1. The molecular formula is C29H24N4O3S2. The summed E-state index contributed by atoms with van der Waals surface area (Å²) in [5, 5.41) is 15.9. The number of nitro groups is 1. The van der Waals surface area contributed by atoms with Crippen molar-refractivity contribution in [1.82, 2.24) is 9.88 Å². The highest BCUT2D eigenvalue weighted by Crippen LogP contribution is 2.45. The number of nitro benzene ring substituents is 1. The molecule has 5 aromatic rings. The molecule has 190 valence electrons. The molecule has 0 spiro atoms. The third-order valence-corrected chi connectivity index (χ3v) is 8.84. The Morgan fingerprint density at radius 3 is 2.50 bits per heavy atom. The minimum atomic E-state index is -0.439. The smallest absolute Gasteiger partial charge is 0.269 e. The van der Waals surface area contributed by atoms with Gasteiger partial charge in [-0.25, -0.2) is 4.98 Å². The van der Waals surface area contributed by atoms with Crippen molar-refractivity contribution in [3.8, 4) is 10.6 Å². The quantitative estimate of drug-likeness (QED) is 0.184. The van der Waals surface area contributed by atoms with Gasteiger partial charge in [-0.2, -0.15) is 0 Å². The molecule has 0 aliphatic carbocycles. The lowest BCUT2D eigenvalue weighted by Crippen LogP contribution is -2.29. The Morgan fingerprint density at radius 2 is 1.74 bits per heavy atom. The van der Waals surface area contributed by atoms with Gasteiger partial charge in [-0.1, -0.05) is 54.6 Å². The molecule has 9 heteroatoms. The monoisotopic (exact) mass is 540 g/mol. The molecule has 7 nitrogen and oxygen atoms in total. The summed E-state index contributed by atoms with van der Waals surface area (Å²) >= 11 is 3.28. The number of hydrogen-bond acceptors (Lipinski definition) is 7. The number of anilines is 1. The van der Waals surface area contributed by atoms with Crippen LogP contribution < -0.4 is 5.32 Å². The molecule has 0 saturated heterocycles. The average molecular weight is 541 g/mol. The van der Waals surface area contributed by atoms with Gasteiger partial charge in [-0.15, -0.1) is 22.7 Å². The van der Waals surface area contributed by atoms with Gasteiger partial charge in [0.1, 0.15) is 10.0 Å². The summed E-state index contributed by atoms with van der Waals surface area (Å²) < 4.78 is 1.12. The normalized spacial score (nSPS) is 13.4. The van der Waals surface area contributed by atoms with Crippen LogP contribution in [0.1, 0.15) is 21.6 Å². The molecular weight excluding hydrogens is 516 g/mol. The van der Waals surface area contributed by atoms with Crippen LogP contribution >= 0.6 is 22.7 Å². The van der Waals surface area contributed by atoms with E-state index in [9.17, 15) is 14.9 Å². The second-order valence-corrected chi connectivity index (χ2v) is 11.4. The van der Waals surface area contributed by atoms with Crippen LogP contribution in [0.15, 0.2) is 78.9 Å². The number of non-ortho nitro benzene ring substituents is 1. The zero-order valence-corrected chi connectivity index (χ0v) is 22.1. The average Bonchev–Trinajstić information content (AvgIpc) is 3.49. The minimum Gasteiger partial charge on any atom is -0.317 e. The topological polar surface area (TPSA) is 88.4 Å². The zero-order chi connectivity index (χ0) is 26.1. The molecule has 1 amide bonds. The molecule has 3 aromatic carbocycles. The second kappa shape index (κ2) is 10.4. The van der Waals surface area contributed by atoms with Crippen molar-refractivity contribution in [2.75, 3.05) is 11.9 Å². The van der Waals surface area contributed by atoms with Crippen molar-refractivity contribution in [1.29, 1.82) is 0 Å². The predicted octanol–water partition coefficient (Wildman–Crippen LogP) is 6.67. The number of carbonyl (C=O) groups excluding carboxylic acids is 1. The molecule has 6 rings (SSSR count). The number of rotatable bonds is 7. The van der Waals surface area contributed by atoms with Crippen LogP contribution in [0.25, 0.3) is 20.8 Å². The van der Waals surface area contributed by atoms with E-state index in [1.54, 1.807) is 34.8 Å². The lowest BCUT2D eigenvalue weighted by Gasteiger charge is -2.27. The first-order chi connectivity index (χ1) is 18.5. The van der Waals surface area contributed by atoms with Crippen LogP contribution in [-0.2, 0) is 30.7 Å². The summed E-state index contributed by atoms with van der Waals surface area (Å²) in [6.45, 7) is 2.65. The lowest BCUT2D eigenvalue weighted by atomic mass is 10.0. The van der Waals surface area contributed by atoms with E-state index in [0.717, 1.165) is 57.4 Å². The molecule has 0 atom stereocenters. The molecule has 0 radical (unpaired) electrons. The van der Waals surface area contributed by atoms with Crippen molar-refractivity contribution in [2.45, 2.75) is 25.9 Å². The number of para-hydroxylation sites is 1. The minimum absolute atomic E-state index is 0.0123. The highest BCUT2D eigenvalue weighted by Gasteiger charge is 2.28. The van der Waals surface area contributed by atoms with Crippen molar-refractivity contribution in [3.05, 3.63) is 111 Å². The van der Waals surface area contributed by atoms with Gasteiger partial charge in [-0.3, -0.25) is 19.8 Å². The molecule has 1 aliphatic heterocycles. The van der Waals surface area contributed by atoms with Crippen LogP contribution in [0.2, 0.25) is 0 Å². The van der Waals surface area contributed by atoms with Crippen LogP contribution in [-0.4, -0.2) is 27.3 Å². The molecule has 0 bridgehead atoms. The first-order valence-corrected chi connectivity index (χ1v) is 14.0. The Bertz CT molecular complexity index is 1590. The number of fused-ring (bicyclic) bond motifs is 2. The fraction of sp³-hybridized carbons (Fsp3) is 0.172. The third-order valence-electron chi connectivity index (χ3n) is 6.66. The molecule has 3 heterocycles. The standard InChI is InChI=1S/C29H24N4O3S2/c34-26(16-19-10-12-21(13-11-19)33(35)36)31-29-27(28-30-23-8-4-5-9-24(23)37-28)22-14-15-32(18-25(22)38-29)17-20-6-2-1-3-7-20/h1-13H,14-18H2,(H,31,34). The van der Waals surface area contributed by atoms with Crippen molar-refractivity contribution < 1.29 is 9.72 Å². The molecule has 0 unspecified atom stereocenters. The maximum Gasteiger partial charge on any atom is 0.269 e.